The van der Waals surface area contributed by atoms with Crippen molar-refractivity contribution in [3.05, 3.63) is 96.6 Å². The van der Waals surface area contributed by atoms with Crippen molar-refractivity contribution in [3.8, 4) is 0 Å². The fourth-order valence-corrected chi connectivity index (χ4v) is 3.77. The van der Waals surface area contributed by atoms with E-state index in [9.17, 15) is 14.4 Å². The van der Waals surface area contributed by atoms with Crippen molar-refractivity contribution in [1.29, 1.82) is 0 Å². The predicted octanol–water partition coefficient (Wildman–Crippen LogP) is 4.47. The molecule has 9 heteroatoms. The van der Waals surface area contributed by atoms with Crippen molar-refractivity contribution in [1.82, 2.24) is 9.55 Å². The van der Waals surface area contributed by atoms with Crippen LogP contribution in [0.5, 0.6) is 0 Å². The third-order valence-electron chi connectivity index (χ3n) is 5.04. The van der Waals surface area contributed by atoms with Gasteiger partial charge in [-0.15, -0.1) is 0 Å². The van der Waals surface area contributed by atoms with E-state index in [4.69, 9.17) is 28.9 Å². The number of nitrogens with two attached hydrogens (primary N) is 1. The van der Waals surface area contributed by atoms with E-state index in [0.29, 0.717) is 28.6 Å². The summed E-state index contributed by atoms with van der Waals surface area (Å²) < 4.78 is 1.28. The molecule has 33 heavy (non-hydrogen) atoms. The van der Waals surface area contributed by atoms with E-state index in [1.165, 1.54) is 21.6 Å². The summed E-state index contributed by atoms with van der Waals surface area (Å²) in [4.78, 5) is 41.9. The van der Waals surface area contributed by atoms with E-state index in [1.807, 2.05) is 37.3 Å². The molecule has 3 rings (SSSR count). The summed E-state index contributed by atoms with van der Waals surface area (Å²) in [6.07, 6.45) is 4.36. The Balaban J connectivity index is 2.07. The monoisotopic (exact) mass is 486 g/mol. The topological polar surface area (TPSA) is 101 Å². The third-order valence-corrected chi connectivity index (χ3v) is 5.60. The Morgan fingerprint density at radius 3 is 2.55 bits per heavy atom. The van der Waals surface area contributed by atoms with Crippen molar-refractivity contribution in [2.75, 3.05) is 10.6 Å². The zero-order valence-corrected chi connectivity index (χ0v) is 19.6. The minimum absolute atomic E-state index is 0.0561. The molecule has 0 saturated heterocycles. The molecule has 0 aliphatic rings. The van der Waals surface area contributed by atoms with Crippen LogP contribution in [-0.2, 0) is 17.9 Å². The first-order valence-electron chi connectivity index (χ1n) is 10.4. The molecule has 0 spiro atoms. The van der Waals surface area contributed by atoms with Crippen LogP contribution in [0, 0.1) is 0 Å². The number of benzene rings is 2. The fourth-order valence-electron chi connectivity index (χ4n) is 3.30. The summed E-state index contributed by atoms with van der Waals surface area (Å²) >= 11 is 12.1. The maximum Gasteiger partial charge on any atom is 0.330 e. The van der Waals surface area contributed by atoms with Crippen LogP contribution in [0.2, 0.25) is 10.0 Å². The second-order valence-electron chi connectivity index (χ2n) is 7.41. The van der Waals surface area contributed by atoms with Gasteiger partial charge in [0.25, 0.3) is 11.5 Å². The Morgan fingerprint density at radius 1 is 1.15 bits per heavy atom. The lowest BCUT2D eigenvalue weighted by Crippen LogP contribution is -2.40. The van der Waals surface area contributed by atoms with Gasteiger partial charge in [-0.05, 0) is 35.8 Å². The number of carbonyl (C=O) groups is 1. The molecule has 0 bridgehead atoms. The van der Waals surface area contributed by atoms with Gasteiger partial charge in [0.15, 0.2) is 5.69 Å². The quantitative estimate of drug-likeness (QED) is 0.458. The molecule has 0 aliphatic heterocycles. The molecule has 0 radical (unpaired) electrons. The number of nitrogens with one attached hydrogen (secondary N) is 1. The molecular weight excluding hydrogens is 463 g/mol. The maximum atomic E-state index is 13.3. The van der Waals surface area contributed by atoms with E-state index < -0.39 is 17.2 Å². The highest BCUT2D eigenvalue weighted by atomic mass is 35.5. The maximum absolute atomic E-state index is 13.3. The Hall–Kier alpha value is -3.29. The van der Waals surface area contributed by atoms with Gasteiger partial charge in [-0.2, -0.15) is 0 Å². The Kier molecular flexibility index (Phi) is 8.14. The van der Waals surface area contributed by atoms with E-state index in [0.717, 1.165) is 12.0 Å². The molecule has 2 aromatic carbocycles. The lowest BCUT2D eigenvalue weighted by molar-refractivity contribution is -0.114. The number of rotatable bonds is 8. The third kappa shape index (κ3) is 5.94. The molecule has 0 saturated carbocycles. The molecule has 0 aliphatic carbocycles. The molecule has 7 nitrogen and oxygen atoms in total. The highest BCUT2D eigenvalue weighted by molar-refractivity contribution is 6.35. The number of hydrogen-bond acceptors (Lipinski definition) is 4. The van der Waals surface area contributed by atoms with Gasteiger partial charge in [0, 0.05) is 22.7 Å². The van der Waals surface area contributed by atoms with Crippen LogP contribution in [0.15, 0.2) is 64.2 Å². The summed E-state index contributed by atoms with van der Waals surface area (Å²) in [7, 11) is 0. The number of aromatic nitrogens is 2. The van der Waals surface area contributed by atoms with Gasteiger partial charge in [-0.25, -0.2) is 4.79 Å². The number of H-pyrrole nitrogens is 1. The number of aromatic amines is 1. The van der Waals surface area contributed by atoms with E-state index >= 15 is 0 Å². The first-order chi connectivity index (χ1) is 15.8. The summed E-state index contributed by atoms with van der Waals surface area (Å²) in [5.74, 6) is -0.554. The van der Waals surface area contributed by atoms with Crippen molar-refractivity contribution < 1.29 is 4.79 Å². The number of amides is 1. The number of unbranched alkanes of at least 4 members (excludes halogenated alkanes) is 1. The van der Waals surface area contributed by atoms with Crippen LogP contribution in [0.3, 0.4) is 0 Å². The summed E-state index contributed by atoms with van der Waals surface area (Å²) in [5, 5.41) is 0.856. The van der Waals surface area contributed by atoms with Gasteiger partial charge in [0.2, 0.25) is 0 Å². The lowest BCUT2D eigenvalue weighted by atomic mass is 10.1. The van der Waals surface area contributed by atoms with Crippen LogP contribution in [0.25, 0.3) is 6.08 Å². The van der Waals surface area contributed by atoms with Gasteiger partial charge < -0.3 is 5.73 Å². The van der Waals surface area contributed by atoms with Gasteiger partial charge >= 0.3 is 5.69 Å². The SMILES string of the molecule is CCCCn1c(N)c(N(Cc2ccccc2)C(=O)/C=C/c2ccc(Cl)cc2Cl)c(=O)[nH]c1=O. The van der Waals surface area contributed by atoms with Crippen molar-refractivity contribution in [3.63, 3.8) is 0 Å². The minimum atomic E-state index is -0.729. The smallest absolute Gasteiger partial charge is 0.330 e. The van der Waals surface area contributed by atoms with Gasteiger partial charge in [0.1, 0.15) is 5.82 Å². The molecule has 3 aromatic rings. The Bertz CT molecular complexity index is 1280. The molecule has 3 N–H and O–H groups in total. The highest BCUT2D eigenvalue weighted by Crippen LogP contribution is 2.24. The number of nitrogen functional groups attached to an aromatic ring is 1. The Labute approximate surface area is 201 Å². The highest BCUT2D eigenvalue weighted by Gasteiger charge is 2.23. The average molecular weight is 487 g/mol. The zero-order chi connectivity index (χ0) is 24.0. The molecule has 1 heterocycles. The number of carbonyl (C=O) groups excluding carboxylic acids is 1. The second kappa shape index (κ2) is 11.0. The molecular formula is C24H24Cl2N4O3. The standard InChI is InChI=1S/C24H24Cl2N4O3/c1-2-3-13-29-22(27)21(23(32)28-24(29)33)30(15-16-7-5-4-6-8-16)20(31)12-10-17-9-11-18(25)14-19(17)26/h4-12,14H,2-3,13,15,27H2,1H3,(H,28,32,33)/b12-10+. The summed E-state index contributed by atoms with van der Waals surface area (Å²) in [6.45, 7) is 2.39. The van der Waals surface area contributed by atoms with Gasteiger partial charge in [0.05, 0.1) is 6.54 Å². The van der Waals surface area contributed by atoms with Crippen LogP contribution in [0.1, 0.15) is 30.9 Å². The van der Waals surface area contributed by atoms with E-state index in [-0.39, 0.29) is 18.1 Å². The van der Waals surface area contributed by atoms with E-state index in [2.05, 4.69) is 4.98 Å². The van der Waals surface area contributed by atoms with Crippen LogP contribution in [0.4, 0.5) is 11.5 Å². The van der Waals surface area contributed by atoms with Crippen LogP contribution < -0.4 is 21.9 Å². The first-order valence-corrected chi connectivity index (χ1v) is 11.2. The number of halogens is 2. The van der Waals surface area contributed by atoms with Crippen LogP contribution in [-0.4, -0.2) is 15.5 Å². The predicted molar refractivity (Wildman–Crippen MR) is 134 cm³/mol. The molecule has 1 amide bonds. The van der Waals surface area contributed by atoms with Crippen molar-refractivity contribution in [2.45, 2.75) is 32.9 Å². The molecule has 172 valence electrons. The molecule has 0 atom stereocenters. The first kappa shape index (κ1) is 24.4. The van der Waals surface area contributed by atoms with Gasteiger partial charge in [-0.3, -0.25) is 24.0 Å². The minimum Gasteiger partial charge on any atom is -0.383 e. The van der Waals surface area contributed by atoms with Crippen molar-refractivity contribution >= 4 is 46.7 Å². The van der Waals surface area contributed by atoms with Crippen molar-refractivity contribution in [2.24, 2.45) is 0 Å². The summed E-state index contributed by atoms with van der Waals surface area (Å²) in [6, 6.07) is 14.1. The largest absolute Gasteiger partial charge is 0.383 e. The zero-order valence-electron chi connectivity index (χ0n) is 18.1. The molecule has 1 aromatic heterocycles. The Morgan fingerprint density at radius 2 is 1.88 bits per heavy atom. The average Bonchev–Trinajstić information content (AvgIpc) is 2.78. The lowest BCUT2D eigenvalue weighted by Gasteiger charge is -2.23. The van der Waals surface area contributed by atoms with Gasteiger partial charge in [-0.1, -0.05) is 72.9 Å². The number of anilines is 2. The fraction of sp³-hybridized carbons (Fsp3) is 0.208. The number of hydrogen-bond donors (Lipinski definition) is 2. The van der Waals surface area contributed by atoms with Crippen LogP contribution >= 0.6 is 23.2 Å². The van der Waals surface area contributed by atoms with E-state index in [1.54, 1.807) is 18.2 Å². The second-order valence-corrected chi connectivity index (χ2v) is 8.25. The normalized spacial score (nSPS) is 11.1. The molecule has 0 unspecified atom stereocenters. The number of nitrogens with zero attached hydrogens (tertiary/aromatic N) is 2. The summed E-state index contributed by atoms with van der Waals surface area (Å²) in [5.41, 5.74) is 6.22. The molecule has 0 fully saturated rings.